The molecule has 0 atom stereocenters. The van der Waals surface area contributed by atoms with Gasteiger partial charge in [0, 0.05) is 44.1 Å². The molecule has 2 rings (SSSR count). The van der Waals surface area contributed by atoms with E-state index in [1.54, 1.807) is 18.4 Å². The zero-order chi connectivity index (χ0) is 16.5. The highest BCUT2D eigenvalue weighted by Gasteiger charge is 2.04. The second-order valence-corrected chi connectivity index (χ2v) is 6.29. The maximum Gasteiger partial charge on any atom is 0.226 e. The third kappa shape index (κ3) is 5.97. The van der Waals surface area contributed by atoms with E-state index in [2.05, 4.69) is 37.7 Å². The fourth-order valence-electron chi connectivity index (χ4n) is 2.02. The highest BCUT2D eigenvalue weighted by Crippen LogP contribution is 2.13. The van der Waals surface area contributed by atoms with Crippen LogP contribution in [0, 0.1) is 6.92 Å². The number of nitrogens with zero attached hydrogens (tertiary/aromatic N) is 4. The first-order valence-electron chi connectivity index (χ1n) is 7.88. The molecule has 0 amide bonds. The summed E-state index contributed by atoms with van der Waals surface area (Å²) in [5, 5.41) is 11.5. The van der Waals surface area contributed by atoms with Crippen LogP contribution in [0.5, 0.6) is 0 Å². The van der Waals surface area contributed by atoms with Gasteiger partial charge in [-0.2, -0.15) is 4.98 Å². The summed E-state index contributed by atoms with van der Waals surface area (Å²) in [5.41, 5.74) is 0. The monoisotopic (exact) mass is 336 g/mol. The first kappa shape index (κ1) is 17.4. The molecule has 0 spiro atoms. The summed E-state index contributed by atoms with van der Waals surface area (Å²) >= 11 is 1.78. The van der Waals surface area contributed by atoms with E-state index in [0.717, 1.165) is 49.7 Å². The van der Waals surface area contributed by atoms with Crippen LogP contribution in [0.25, 0.3) is 0 Å². The maximum atomic E-state index is 5.08. The Morgan fingerprint density at radius 3 is 2.78 bits per heavy atom. The molecule has 0 unspecified atom stereocenters. The van der Waals surface area contributed by atoms with E-state index in [9.17, 15) is 0 Å². The van der Waals surface area contributed by atoms with Crippen LogP contribution in [-0.2, 0) is 19.3 Å². The van der Waals surface area contributed by atoms with E-state index >= 15 is 0 Å². The van der Waals surface area contributed by atoms with Crippen molar-refractivity contribution in [3.63, 3.8) is 0 Å². The van der Waals surface area contributed by atoms with Crippen LogP contribution in [0.3, 0.4) is 0 Å². The van der Waals surface area contributed by atoms with Gasteiger partial charge in [-0.3, -0.25) is 4.99 Å². The lowest BCUT2D eigenvalue weighted by Crippen LogP contribution is -2.38. The van der Waals surface area contributed by atoms with Crippen molar-refractivity contribution in [3.8, 4) is 0 Å². The van der Waals surface area contributed by atoms with Crippen LogP contribution in [-0.4, -0.2) is 41.2 Å². The Kier molecular flexibility index (Phi) is 6.99. The number of nitrogens with one attached hydrogen (secondary N) is 2. The molecule has 8 heteroatoms. The zero-order valence-electron chi connectivity index (χ0n) is 13.9. The first-order chi connectivity index (χ1) is 11.2. The van der Waals surface area contributed by atoms with Gasteiger partial charge in [0.2, 0.25) is 5.89 Å². The van der Waals surface area contributed by atoms with Gasteiger partial charge < -0.3 is 15.2 Å². The van der Waals surface area contributed by atoms with Gasteiger partial charge in [-0.15, -0.1) is 11.3 Å². The average molecular weight is 336 g/mol. The van der Waals surface area contributed by atoms with Crippen molar-refractivity contribution in [1.82, 2.24) is 25.8 Å². The van der Waals surface area contributed by atoms with Gasteiger partial charge in [0.25, 0.3) is 0 Å². The smallest absolute Gasteiger partial charge is 0.226 e. The van der Waals surface area contributed by atoms with Gasteiger partial charge in [0.05, 0.1) is 5.01 Å². The van der Waals surface area contributed by atoms with Gasteiger partial charge in [-0.25, -0.2) is 4.98 Å². The molecule has 0 radical (unpaired) electrons. The molecular weight excluding hydrogens is 312 g/mol. The topological polar surface area (TPSA) is 88.2 Å². The lowest BCUT2D eigenvalue weighted by atomic mass is 10.3. The third-order valence-electron chi connectivity index (χ3n) is 3.23. The third-order valence-corrected chi connectivity index (χ3v) is 4.44. The van der Waals surface area contributed by atoms with Crippen LogP contribution in [0.2, 0.25) is 0 Å². The number of thiazole rings is 1. The average Bonchev–Trinajstić information content (AvgIpc) is 3.18. The fourth-order valence-corrected chi connectivity index (χ4v) is 2.89. The van der Waals surface area contributed by atoms with Crippen molar-refractivity contribution >= 4 is 17.3 Å². The van der Waals surface area contributed by atoms with Crippen molar-refractivity contribution in [1.29, 1.82) is 0 Å². The largest absolute Gasteiger partial charge is 0.356 e. The van der Waals surface area contributed by atoms with E-state index in [1.807, 2.05) is 13.1 Å². The number of aromatic nitrogens is 3. The first-order valence-corrected chi connectivity index (χ1v) is 8.70. The number of rotatable bonds is 8. The highest BCUT2D eigenvalue weighted by molar-refractivity contribution is 7.11. The van der Waals surface area contributed by atoms with E-state index in [4.69, 9.17) is 4.52 Å². The SMILES string of the molecule is CCc1cnc(CCNC(=NC)NCCCc2nc(C)no2)s1. The molecule has 0 saturated heterocycles. The molecule has 0 aliphatic heterocycles. The Bertz CT molecular complexity index is 621. The predicted molar refractivity (Wildman–Crippen MR) is 91.9 cm³/mol. The fraction of sp³-hybridized carbons (Fsp3) is 0.600. The van der Waals surface area contributed by atoms with Crippen molar-refractivity contribution in [2.75, 3.05) is 20.1 Å². The normalized spacial score (nSPS) is 11.7. The molecule has 126 valence electrons. The molecule has 7 nitrogen and oxygen atoms in total. The van der Waals surface area contributed by atoms with Crippen molar-refractivity contribution < 1.29 is 4.52 Å². The number of hydrogen-bond donors (Lipinski definition) is 2. The summed E-state index contributed by atoms with van der Waals surface area (Å²) in [4.78, 5) is 14.1. The molecule has 2 heterocycles. The summed E-state index contributed by atoms with van der Waals surface area (Å²) in [5.74, 6) is 2.17. The molecule has 23 heavy (non-hydrogen) atoms. The molecular formula is C15H24N6OS. The molecule has 0 aliphatic rings. The Morgan fingerprint density at radius 2 is 2.13 bits per heavy atom. The maximum absolute atomic E-state index is 5.08. The highest BCUT2D eigenvalue weighted by atomic mass is 32.1. The number of guanidine groups is 1. The van der Waals surface area contributed by atoms with E-state index in [1.165, 1.54) is 4.88 Å². The van der Waals surface area contributed by atoms with E-state index in [-0.39, 0.29) is 0 Å². The van der Waals surface area contributed by atoms with Gasteiger partial charge in [-0.1, -0.05) is 12.1 Å². The molecule has 0 bridgehead atoms. The molecule has 2 aromatic rings. The van der Waals surface area contributed by atoms with Crippen LogP contribution >= 0.6 is 11.3 Å². The molecule has 2 aromatic heterocycles. The lowest BCUT2D eigenvalue weighted by Gasteiger charge is -2.10. The Hall–Kier alpha value is -1.96. The summed E-state index contributed by atoms with van der Waals surface area (Å²) in [7, 11) is 1.77. The van der Waals surface area contributed by atoms with Crippen molar-refractivity contribution in [3.05, 3.63) is 27.8 Å². The van der Waals surface area contributed by atoms with Gasteiger partial charge in [0.1, 0.15) is 0 Å². The zero-order valence-corrected chi connectivity index (χ0v) is 14.7. The predicted octanol–water partition coefficient (Wildman–Crippen LogP) is 1.74. The van der Waals surface area contributed by atoms with Crippen molar-refractivity contribution in [2.45, 2.75) is 39.5 Å². The van der Waals surface area contributed by atoms with Crippen LogP contribution in [0.1, 0.15) is 34.9 Å². The second-order valence-electron chi connectivity index (χ2n) is 5.09. The summed E-state index contributed by atoms with van der Waals surface area (Å²) in [6.07, 6.45) is 5.60. The van der Waals surface area contributed by atoms with Crippen LogP contribution in [0.15, 0.2) is 15.7 Å². The second kappa shape index (κ2) is 9.24. The molecule has 0 aromatic carbocycles. The van der Waals surface area contributed by atoms with Crippen LogP contribution < -0.4 is 10.6 Å². The lowest BCUT2D eigenvalue weighted by molar-refractivity contribution is 0.372. The van der Waals surface area contributed by atoms with Gasteiger partial charge in [0.15, 0.2) is 11.8 Å². The minimum absolute atomic E-state index is 0.679. The molecule has 0 saturated carbocycles. The molecule has 0 aliphatic carbocycles. The summed E-state index contributed by atoms with van der Waals surface area (Å²) in [6, 6.07) is 0. The van der Waals surface area contributed by atoms with E-state index < -0.39 is 0 Å². The van der Waals surface area contributed by atoms with Crippen molar-refractivity contribution in [2.24, 2.45) is 4.99 Å². The van der Waals surface area contributed by atoms with E-state index in [0.29, 0.717) is 11.7 Å². The van der Waals surface area contributed by atoms with Crippen LogP contribution in [0.4, 0.5) is 0 Å². The summed E-state index contributed by atoms with van der Waals surface area (Å²) < 4.78 is 5.08. The quantitative estimate of drug-likeness (QED) is 0.434. The number of aryl methyl sites for hydroxylation is 3. The Labute approximate surface area is 140 Å². The van der Waals surface area contributed by atoms with Gasteiger partial charge >= 0.3 is 0 Å². The number of hydrogen-bond acceptors (Lipinski definition) is 6. The Morgan fingerprint density at radius 1 is 1.30 bits per heavy atom. The van der Waals surface area contributed by atoms with Gasteiger partial charge in [-0.05, 0) is 19.8 Å². The standard InChI is InChI=1S/C15H24N6OS/c1-4-12-10-19-14(23-12)7-9-18-15(16-3)17-8-5-6-13-20-11(2)21-22-13/h10H,4-9H2,1-3H3,(H2,16,17,18). The minimum atomic E-state index is 0.679. The molecule has 2 N–H and O–H groups in total. The Balaban J connectivity index is 1.61. The summed E-state index contributed by atoms with van der Waals surface area (Å²) in [6.45, 7) is 5.59. The minimum Gasteiger partial charge on any atom is -0.356 e. The molecule has 0 fully saturated rings. The number of aliphatic imine (C=N–C) groups is 1.